The summed E-state index contributed by atoms with van der Waals surface area (Å²) in [6.07, 6.45) is 8.38. The first-order chi connectivity index (χ1) is 22.6. The SMILES string of the molecule is Cc1ccc2c(NC(=O)[C@H]3CC3C3CC3)cccc2c1Oc1ncccc1-c1ccnc(N[C@H]2CCCN(C(=O)OC(C)(C)C)C2)n1. The van der Waals surface area contributed by atoms with Crippen LogP contribution in [-0.4, -0.2) is 56.6 Å². The molecular weight excluding hydrogens is 592 g/mol. The summed E-state index contributed by atoms with van der Waals surface area (Å²) in [5.41, 5.74) is 2.57. The lowest BCUT2D eigenvalue weighted by Crippen LogP contribution is -2.47. The lowest BCUT2D eigenvalue weighted by Gasteiger charge is -2.34. The number of carbonyl (C=O) groups is 2. The fourth-order valence-corrected chi connectivity index (χ4v) is 6.58. The molecule has 2 aliphatic carbocycles. The summed E-state index contributed by atoms with van der Waals surface area (Å²) in [4.78, 5) is 41.4. The van der Waals surface area contributed by atoms with E-state index in [9.17, 15) is 9.59 Å². The fourth-order valence-electron chi connectivity index (χ4n) is 6.58. The van der Waals surface area contributed by atoms with E-state index in [-0.39, 0.29) is 24.0 Å². The molecular formula is C37H42N6O4. The Hall–Kier alpha value is -4.73. The van der Waals surface area contributed by atoms with Gasteiger partial charge in [-0.25, -0.2) is 19.7 Å². The monoisotopic (exact) mass is 634 g/mol. The van der Waals surface area contributed by atoms with E-state index in [0.717, 1.165) is 52.8 Å². The number of nitrogens with zero attached hydrogens (tertiary/aromatic N) is 4. The largest absolute Gasteiger partial charge is 0.444 e. The molecule has 2 N–H and O–H groups in total. The summed E-state index contributed by atoms with van der Waals surface area (Å²) in [5, 5.41) is 8.44. The summed E-state index contributed by atoms with van der Waals surface area (Å²) in [7, 11) is 0. The zero-order valence-corrected chi connectivity index (χ0v) is 27.5. The average molecular weight is 635 g/mol. The summed E-state index contributed by atoms with van der Waals surface area (Å²) >= 11 is 0. The molecule has 3 atom stereocenters. The molecule has 7 rings (SSSR count). The van der Waals surface area contributed by atoms with Crippen LogP contribution in [0.25, 0.3) is 22.0 Å². The van der Waals surface area contributed by atoms with Gasteiger partial charge in [0.25, 0.3) is 0 Å². The van der Waals surface area contributed by atoms with Gasteiger partial charge in [-0.15, -0.1) is 0 Å². The second kappa shape index (κ2) is 12.5. The van der Waals surface area contributed by atoms with Crippen LogP contribution in [0, 0.1) is 24.7 Å². The first-order valence-electron chi connectivity index (χ1n) is 16.7. The summed E-state index contributed by atoms with van der Waals surface area (Å²) < 4.78 is 12.2. The Morgan fingerprint density at radius 2 is 1.81 bits per heavy atom. The summed E-state index contributed by atoms with van der Waals surface area (Å²) in [6.45, 7) is 8.79. The highest BCUT2D eigenvalue weighted by molar-refractivity contribution is 6.05. The molecule has 2 aromatic carbocycles. The molecule has 4 aromatic rings. The topological polar surface area (TPSA) is 119 Å². The van der Waals surface area contributed by atoms with E-state index >= 15 is 0 Å². The van der Waals surface area contributed by atoms with Crippen molar-refractivity contribution in [3.05, 3.63) is 66.5 Å². The second-order valence-electron chi connectivity index (χ2n) is 14.1. The van der Waals surface area contributed by atoms with Crippen LogP contribution in [0.4, 0.5) is 16.4 Å². The van der Waals surface area contributed by atoms with Gasteiger partial charge in [0.15, 0.2) is 0 Å². The van der Waals surface area contributed by atoms with Crippen molar-refractivity contribution in [3.63, 3.8) is 0 Å². The van der Waals surface area contributed by atoms with Gasteiger partial charge >= 0.3 is 6.09 Å². The van der Waals surface area contributed by atoms with Gasteiger partial charge in [0, 0.05) is 53.9 Å². The minimum atomic E-state index is -0.545. The number of aryl methyl sites for hydroxylation is 1. The minimum absolute atomic E-state index is 0.0105. The average Bonchev–Trinajstić information content (AvgIpc) is 3.96. The van der Waals surface area contributed by atoms with Crippen molar-refractivity contribution in [3.8, 4) is 22.9 Å². The second-order valence-corrected chi connectivity index (χ2v) is 14.1. The number of hydrogen-bond acceptors (Lipinski definition) is 8. The number of fused-ring (bicyclic) bond motifs is 1. The maximum atomic E-state index is 13.1. The molecule has 3 fully saturated rings. The Morgan fingerprint density at radius 1 is 0.957 bits per heavy atom. The molecule has 2 saturated carbocycles. The van der Waals surface area contributed by atoms with Gasteiger partial charge in [-0.2, -0.15) is 0 Å². The highest BCUT2D eigenvalue weighted by Crippen LogP contribution is 2.54. The molecule has 10 nitrogen and oxygen atoms in total. The Balaban J connectivity index is 1.10. The van der Waals surface area contributed by atoms with Crippen LogP contribution in [0.1, 0.15) is 58.4 Å². The van der Waals surface area contributed by atoms with Crippen molar-refractivity contribution >= 4 is 34.4 Å². The summed E-state index contributed by atoms with van der Waals surface area (Å²) in [5.74, 6) is 3.11. The van der Waals surface area contributed by atoms with Crippen molar-refractivity contribution in [2.24, 2.45) is 17.8 Å². The number of carbonyl (C=O) groups excluding carboxylic acids is 2. The Kier molecular flexibility index (Phi) is 8.20. The van der Waals surface area contributed by atoms with Crippen LogP contribution in [0.15, 0.2) is 60.9 Å². The number of hydrogen-bond donors (Lipinski definition) is 2. The third kappa shape index (κ3) is 7.01. The highest BCUT2D eigenvalue weighted by Gasteiger charge is 2.51. The lowest BCUT2D eigenvalue weighted by molar-refractivity contribution is -0.117. The Labute approximate surface area is 275 Å². The molecule has 0 spiro atoms. The Bertz CT molecular complexity index is 1820. The van der Waals surface area contributed by atoms with Gasteiger partial charge < -0.3 is 25.0 Å². The number of aromatic nitrogens is 3. The van der Waals surface area contributed by atoms with Crippen molar-refractivity contribution in [2.75, 3.05) is 23.7 Å². The van der Waals surface area contributed by atoms with Crippen LogP contribution in [0.5, 0.6) is 11.6 Å². The van der Waals surface area contributed by atoms with Crippen LogP contribution in [0.2, 0.25) is 0 Å². The highest BCUT2D eigenvalue weighted by atomic mass is 16.6. The van der Waals surface area contributed by atoms with Crippen LogP contribution < -0.4 is 15.4 Å². The van der Waals surface area contributed by atoms with Crippen LogP contribution >= 0.6 is 0 Å². The summed E-state index contributed by atoms with van der Waals surface area (Å²) in [6, 6.07) is 15.6. The number of likely N-dealkylation sites (tertiary alicyclic amines) is 1. The van der Waals surface area contributed by atoms with E-state index < -0.39 is 5.60 Å². The number of amides is 2. The molecule has 0 bridgehead atoms. The first-order valence-corrected chi connectivity index (χ1v) is 16.7. The molecule has 3 aliphatic rings. The van der Waals surface area contributed by atoms with E-state index in [2.05, 4.69) is 20.6 Å². The third-order valence-corrected chi connectivity index (χ3v) is 9.18. The maximum Gasteiger partial charge on any atom is 0.410 e. The van der Waals surface area contributed by atoms with Gasteiger partial charge in [-0.05, 0) is 101 Å². The van der Waals surface area contributed by atoms with E-state index in [1.54, 1.807) is 17.3 Å². The molecule has 2 aromatic heterocycles. The van der Waals surface area contributed by atoms with Crippen molar-refractivity contribution in [1.82, 2.24) is 19.9 Å². The predicted octanol–water partition coefficient (Wildman–Crippen LogP) is 7.59. The van der Waals surface area contributed by atoms with Gasteiger partial charge in [-0.1, -0.05) is 24.3 Å². The van der Waals surface area contributed by atoms with Gasteiger partial charge in [-0.3, -0.25) is 4.79 Å². The number of ether oxygens (including phenoxy) is 2. The molecule has 47 heavy (non-hydrogen) atoms. The van der Waals surface area contributed by atoms with E-state index in [0.29, 0.717) is 42.3 Å². The first kappa shape index (κ1) is 30.9. The quantitative estimate of drug-likeness (QED) is 0.204. The number of rotatable bonds is 8. The van der Waals surface area contributed by atoms with Crippen molar-refractivity contribution in [1.29, 1.82) is 0 Å². The minimum Gasteiger partial charge on any atom is -0.444 e. The molecule has 10 heteroatoms. The van der Waals surface area contributed by atoms with Crippen LogP contribution in [0.3, 0.4) is 0 Å². The maximum absolute atomic E-state index is 13.1. The zero-order chi connectivity index (χ0) is 32.7. The lowest BCUT2D eigenvalue weighted by atomic mass is 10.0. The number of anilines is 2. The van der Waals surface area contributed by atoms with Gasteiger partial charge in [0.1, 0.15) is 11.4 Å². The number of nitrogens with one attached hydrogen (secondary N) is 2. The van der Waals surface area contributed by atoms with Crippen LogP contribution in [-0.2, 0) is 9.53 Å². The fraction of sp³-hybridized carbons (Fsp3) is 0.432. The van der Waals surface area contributed by atoms with E-state index in [1.165, 1.54) is 12.8 Å². The smallest absolute Gasteiger partial charge is 0.410 e. The van der Waals surface area contributed by atoms with Crippen molar-refractivity contribution < 1.29 is 19.1 Å². The molecule has 0 radical (unpaired) electrons. The predicted molar refractivity (Wildman–Crippen MR) is 181 cm³/mol. The number of pyridine rings is 1. The standard InChI is InChI=1S/C37H42N6O4/c1-22-12-15-25-26(9-5-11-30(25)41-33(44)29-20-28(29)23-13-14-23)32(22)46-34-27(10-6-17-38-34)31-16-18-39-35(42-31)40-24-8-7-19-43(21-24)36(45)47-37(2,3)4/h5-6,9-12,15-18,23-24,28-29H,7-8,13-14,19-21H2,1-4H3,(H,41,44)(H,39,40,42)/t24-,28?,29-/m0/s1. The molecule has 3 heterocycles. The molecule has 1 unspecified atom stereocenters. The molecule has 1 saturated heterocycles. The van der Waals surface area contributed by atoms with E-state index in [1.807, 2.05) is 76.2 Å². The Morgan fingerprint density at radius 3 is 2.62 bits per heavy atom. The third-order valence-electron chi connectivity index (χ3n) is 9.18. The molecule has 2 amide bonds. The van der Waals surface area contributed by atoms with E-state index in [4.69, 9.17) is 14.5 Å². The zero-order valence-electron chi connectivity index (χ0n) is 27.5. The van der Waals surface area contributed by atoms with Gasteiger partial charge in [0.05, 0.1) is 11.3 Å². The normalized spacial score (nSPS) is 20.9. The number of benzene rings is 2. The van der Waals surface area contributed by atoms with Crippen molar-refractivity contribution in [2.45, 2.75) is 71.4 Å². The van der Waals surface area contributed by atoms with Gasteiger partial charge in [0.2, 0.25) is 17.7 Å². The molecule has 244 valence electrons. The molecule has 1 aliphatic heterocycles. The number of piperidine rings is 1.